The van der Waals surface area contributed by atoms with Crippen LogP contribution in [-0.4, -0.2) is 67.7 Å². The fraction of sp³-hybridized carbons (Fsp3) is 0.933. The first-order valence-corrected chi connectivity index (χ1v) is 7.95. The quantitative estimate of drug-likeness (QED) is 0.678. The minimum atomic E-state index is 0.116. The van der Waals surface area contributed by atoms with Crippen molar-refractivity contribution in [1.82, 2.24) is 9.80 Å². The Balaban J connectivity index is 2.22. The van der Waals surface area contributed by atoms with E-state index in [1.165, 1.54) is 12.8 Å². The SMILES string of the molecule is CC(C)OCC(=O)N1CCCN(CCCCCN)CC1. The number of nitrogens with two attached hydrogens (primary N) is 1. The number of hydrogen-bond donors (Lipinski definition) is 1. The van der Waals surface area contributed by atoms with Gasteiger partial charge in [0, 0.05) is 19.6 Å². The Bertz CT molecular complexity index is 272. The maximum absolute atomic E-state index is 12.0. The third kappa shape index (κ3) is 7.22. The van der Waals surface area contributed by atoms with Gasteiger partial charge in [0.15, 0.2) is 0 Å². The van der Waals surface area contributed by atoms with Crippen molar-refractivity contribution in [3.8, 4) is 0 Å². The van der Waals surface area contributed by atoms with E-state index < -0.39 is 0 Å². The number of rotatable bonds is 8. The van der Waals surface area contributed by atoms with Crippen LogP contribution in [0.1, 0.15) is 39.5 Å². The molecule has 0 spiro atoms. The van der Waals surface area contributed by atoms with E-state index in [1.54, 1.807) is 0 Å². The summed E-state index contributed by atoms with van der Waals surface area (Å²) in [6.07, 6.45) is 4.71. The van der Waals surface area contributed by atoms with Gasteiger partial charge in [-0.3, -0.25) is 4.79 Å². The molecule has 5 heteroatoms. The van der Waals surface area contributed by atoms with Gasteiger partial charge in [-0.15, -0.1) is 0 Å². The van der Waals surface area contributed by atoms with Gasteiger partial charge in [0.05, 0.1) is 6.10 Å². The maximum Gasteiger partial charge on any atom is 0.248 e. The standard InChI is InChI=1S/C15H31N3O2/c1-14(2)20-13-15(19)18-10-6-9-17(11-12-18)8-5-3-4-7-16/h14H,3-13,16H2,1-2H3. The molecule has 2 N–H and O–H groups in total. The number of unbranched alkanes of at least 4 members (excludes halogenated alkanes) is 2. The number of carbonyl (C=O) groups excluding carboxylic acids is 1. The third-order valence-corrected chi connectivity index (χ3v) is 3.66. The number of hydrogen-bond acceptors (Lipinski definition) is 4. The van der Waals surface area contributed by atoms with Crippen molar-refractivity contribution < 1.29 is 9.53 Å². The van der Waals surface area contributed by atoms with Gasteiger partial charge in [-0.25, -0.2) is 0 Å². The lowest BCUT2D eigenvalue weighted by atomic mass is 10.2. The highest BCUT2D eigenvalue weighted by molar-refractivity contribution is 5.77. The van der Waals surface area contributed by atoms with Crippen molar-refractivity contribution in [2.24, 2.45) is 5.73 Å². The molecule has 1 rings (SSSR count). The maximum atomic E-state index is 12.0. The Labute approximate surface area is 123 Å². The highest BCUT2D eigenvalue weighted by Crippen LogP contribution is 2.06. The van der Waals surface area contributed by atoms with Gasteiger partial charge in [-0.05, 0) is 52.7 Å². The molecular formula is C15H31N3O2. The molecule has 0 aliphatic carbocycles. The molecular weight excluding hydrogens is 254 g/mol. The van der Waals surface area contributed by atoms with Crippen LogP contribution in [0.5, 0.6) is 0 Å². The lowest BCUT2D eigenvalue weighted by Gasteiger charge is -2.22. The largest absolute Gasteiger partial charge is 0.369 e. The minimum Gasteiger partial charge on any atom is -0.369 e. The van der Waals surface area contributed by atoms with Crippen molar-refractivity contribution in [2.45, 2.75) is 45.6 Å². The second-order valence-electron chi connectivity index (χ2n) is 5.79. The summed E-state index contributed by atoms with van der Waals surface area (Å²) in [5, 5.41) is 0. The van der Waals surface area contributed by atoms with Crippen LogP contribution in [0, 0.1) is 0 Å². The first-order chi connectivity index (χ1) is 9.63. The van der Waals surface area contributed by atoms with E-state index in [0.717, 1.165) is 52.1 Å². The van der Waals surface area contributed by atoms with Gasteiger partial charge in [-0.2, -0.15) is 0 Å². The van der Waals surface area contributed by atoms with Crippen molar-refractivity contribution in [2.75, 3.05) is 45.9 Å². The Morgan fingerprint density at radius 1 is 1.15 bits per heavy atom. The summed E-state index contributed by atoms with van der Waals surface area (Å²) in [5.74, 6) is 0.128. The van der Waals surface area contributed by atoms with E-state index in [4.69, 9.17) is 10.5 Å². The molecule has 1 fully saturated rings. The molecule has 0 unspecified atom stereocenters. The smallest absolute Gasteiger partial charge is 0.248 e. The molecule has 1 saturated heterocycles. The molecule has 1 aliphatic rings. The zero-order valence-electron chi connectivity index (χ0n) is 13.1. The van der Waals surface area contributed by atoms with E-state index in [-0.39, 0.29) is 18.6 Å². The lowest BCUT2D eigenvalue weighted by Crippen LogP contribution is -2.38. The highest BCUT2D eigenvalue weighted by Gasteiger charge is 2.19. The second-order valence-corrected chi connectivity index (χ2v) is 5.79. The molecule has 118 valence electrons. The topological polar surface area (TPSA) is 58.8 Å². The molecule has 1 heterocycles. The van der Waals surface area contributed by atoms with Crippen molar-refractivity contribution in [3.63, 3.8) is 0 Å². The first-order valence-electron chi connectivity index (χ1n) is 7.95. The summed E-state index contributed by atoms with van der Waals surface area (Å²) in [7, 11) is 0. The van der Waals surface area contributed by atoms with Crippen LogP contribution in [0.25, 0.3) is 0 Å². The van der Waals surface area contributed by atoms with Gasteiger partial charge in [-0.1, -0.05) is 6.42 Å². The van der Waals surface area contributed by atoms with Crippen molar-refractivity contribution >= 4 is 5.91 Å². The lowest BCUT2D eigenvalue weighted by molar-refractivity contribution is -0.137. The van der Waals surface area contributed by atoms with Gasteiger partial charge >= 0.3 is 0 Å². The summed E-state index contributed by atoms with van der Waals surface area (Å²) in [6, 6.07) is 0. The van der Waals surface area contributed by atoms with Crippen molar-refractivity contribution in [3.05, 3.63) is 0 Å². The van der Waals surface area contributed by atoms with E-state index in [0.29, 0.717) is 0 Å². The predicted octanol–water partition coefficient (Wildman–Crippen LogP) is 1.07. The fourth-order valence-corrected chi connectivity index (χ4v) is 2.43. The van der Waals surface area contributed by atoms with E-state index >= 15 is 0 Å². The number of amides is 1. The Hall–Kier alpha value is -0.650. The molecule has 5 nitrogen and oxygen atoms in total. The number of nitrogens with zero attached hydrogens (tertiary/aromatic N) is 2. The molecule has 0 aromatic rings. The first kappa shape index (κ1) is 17.4. The number of ether oxygens (including phenoxy) is 1. The summed E-state index contributed by atoms with van der Waals surface area (Å²) in [4.78, 5) is 16.4. The minimum absolute atomic E-state index is 0.116. The van der Waals surface area contributed by atoms with E-state index in [1.807, 2.05) is 18.7 Å². The van der Waals surface area contributed by atoms with Crippen molar-refractivity contribution in [1.29, 1.82) is 0 Å². The Morgan fingerprint density at radius 3 is 2.65 bits per heavy atom. The summed E-state index contributed by atoms with van der Waals surface area (Å²) in [5.41, 5.74) is 5.50. The van der Waals surface area contributed by atoms with Crippen LogP contribution < -0.4 is 5.73 Å². The second kappa shape index (κ2) is 10.1. The van der Waals surface area contributed by atoms with Crippen LogP contribution in [0.2, 0.25) is 0 Å². The molecule has 1 aliphatic heterocycles. The van der Waals surface area contributed by atoms with Crippen LogP contribution in [0.4, 0.5) is 0 Å². The van der Waals surface area contributed by atoms with Crippen LogP contribution >= 0.6 is 0 Å². The predicted molar refractivity (Wildman–Crippen MR) is 81.6 cm³/mol. The molecule has 0 aromatic heterocycles. The average Bonchev–Trinajstić information content (AvgIpc) is 2.66. The van der Waals surface area contributed by atoms with Crippen LogP contribution in [0.15, 0.2) is 0 Å². The molecule has 0 radical (unpaired) electrons. The summed E-state index contributed by atoms with van der Waals surface area (Å²) >= 11 is 0. The van der Waals surface area contributed by atoms with Crippen LogP contribution in [0.3, 0.4) is 0 Å². The van der Waals surface area contributed by atoms with Gasteiger partial charge in [0.1, 0.15) is 6.61 Å². The molecule has 0 saturated carbocycles. The Kier molecular flexibility index (Phi) is 8.82. The number of carbonyl (C=O) groups is 1. The highest BCUT2D eigenvalue weighted by atomic mass is 16.5. The Morgan fingerprint density at radius 2 is 1.95 bits per heavy atom. The third-order valence-electron chi connectivity index (χ3n) is 3.66. The van der Waals surface area contributed by atoms with Gasteiger partial charge < -0.3 is 20.3 Å². The molecule has 0 aromatic carbocycles. The molecule has 20 heavy (non-hydrogen) atoms. The summed E-state index contributed by atoms with van der Waals surface area (Å²) < 4.78 is 5.40. The van der Waals surface area contributed by atoms with Gasteiger partial charge in [0.2, 0.25) is 5.91 Å². The fourth-order valence-electron chi connectivity index (χ4n) is 2.43. The van der Waals surface area contributed by atoms with E-state index in [9.17, 15) is 4.79 Å². The molecule has 0 bridgehead atoms. The molecule has 1 amide bonds. The molecule has 0 atom stereocenters. The van der Waals surface area contributed by atoms with Gasteiger partial charge in [0.25, 0.3) is 0 Å². The summed E-state index contributed by atoms with van der Waals surface area (Å²) in [6.45, 7) is 9.82. The van der Waals surface area contributed by atoms with Crippen LogP contribution in [-0.2, 0) is 9.53 Å². The zero-order valence-corrected chi connectivity index (χ0v) is 13.1. The van der Waals surface area contributed by atoms with E-state index in [2.05, 4.69) is 4.90 Å². The monoisotopic (exact) mass is 285 g/mol. The zero-order chi connectivity index (χ0) is 14.8. The average molecular weight is 285 g/mol. The normalized spacial score (nSPS) is 17.5.